The van der Waals surface area contributed by atoms with Gasteiger partial charge in [0.15, 0.2) is 0 Å². The van der Waals surface area contributed by atoms with Crippen molar-refractivity contribution in [1.82, 2.24) is 14.9 Å². The van der Waals surface area contributed by atoms with Gasteiger partial charge in [0.25, 0.3) is 0 Å². The van der Waals surface area contributed by atoms with E-state index in [1.54, 1.807) is 0 Å². The molecule has 8 nitrogen and oxygen atoms in total. The predicted octanol–water partition coefficient (Wildman–Crippen LogP) is 2.66. The lowest BCUT2D eigenvalue weighted by molar-refractivity contribution is -0.120. The second-order valence-corrected chi connectivity index (χ2v) is 8.52. The average Bonchev–Trinajstić information content (AvgIpc) is 2.80. The molecule has 1 amide bonds. The van der Waals surface area contributed by atoms with Crippen LogP contribution in [-0.2, 0) is 9.53 Å². The number of rotatable bonds is 7. The van der Waals surface area contributed by atoms with Crippen LogP contribution in [0, 0.1) is 19.8 Å². The van der Waals surface area contributed by atoms with Crippen LogP contribution in [0.3, 0.4) is 0 Å². The molecule has 0 radical (unpaired) electrons. The van der Waals surface area contributed by atoms with Gasteiger partial charge in [-0.15, -0.1) is 0 Å². The number of nitrogens with one attached hydrogen (secondary N) is 1. The van der Waals surface area contributed by atoms with Crippen molar-refractivity contribution in [2.75, 3.05) is 62.8 Å². The number of amides is 1. The third kappa shape index (κ3) is 5.95. The number of carbonyl (C=O) groups excluding carboxylic acids is 1. The fourth-order valence-corrected chi connectivity index (χ4v) is 4.26. The Morgan fingerprint density at radius 1 is 1.16 bits per heavy atom. The number of aryl methyl sites for hydroxylation is 2. The highest BCUT2D eigenvalue weighted by molar-refractivity contribution is 5.94. The number of anilines is 2. The van der Waals surface area contributed by atoms with E-state index in [4.69, 9.17) is 9.47 Å². The quantitative estimate of drug-likeness (QED) is 0.710. The maximum atomic E-state index is 13.1. The second-order valence-electron chi connectivity index (χ2n) is 8.52. The van der Waals surface area contributed by atoms with E-state index in [9.17, 15) is 4.79 Å². The SMILES string of the molecule is Cc1cc(C)nc(N2CCC[C@@H](C(=O)Nc3ccccc3OCCN3CCOCC3)C2)n1. The molecule has 0 saturated carbocycles. The Morgan fingerprint density at radius 3 is 2.69 bits per heavy atom. The van der Waals surface area contributed by atoms with E-state index in [-0.39, 0.29) is 11.8 Å². The average molecular weight is 440 g/mol. The molecule has 8 heteroatoms. The molecule has 0 aliphatic carbocycles. The number of hydrogen-bond acceptors (Lipinski definition) is 7. The number of hydrogen-bond donors (Lipinski definition) is 1. The number of para-hydroxylation sites is 2. The Hall–Kier alpha value is -2.71. The summed E-state index contributed by atoms with van der Waals surface area (Å²) in [6, 6.07) is 9.62. The Balaban J connectivity index is 1.35. The monoisotopic (exact) mass is 439 g/mol. The third-order valence-corrected chi connectivity index (χ3v) is 5.96. The second kappa shape index (κ2) is 10.7. The first-order chi connectivity index (χ1) is 15.6. The van der Waals surface area contributed by atoms with Crippen LogP contribution in [0.25, 0.3) is 0 Å². The molecule has 1 aromatic heterocycles. The minimum Gasteiger partial charge on any atom is -0.490 e. The lowest BCUT2D eigenvalue weighted by atomic mass is 9.97. The van der Waals surface area contributed by atoms with Crippen molar-refractivity contribution in [2.24, 2.45) is 5.92 Å². The van der Waals surface area contributed by atoms with Gasteiger partial charge in [-0.1, -0.05) is 12.1 Å². The van der Waals surface area contributed by atoms with Crippen LogP contribution in [0.1, 0.15) is 24.2 Å². The van der Waals surface area contributed by atoms with Crippen LogP contribution in [0.4, 0.5) is 11.6 Å². The maximum Gasteiger partial charge on any atom is 0.229 e. The molecular formula is C24H33N5O3. The summed E-state index contributed by atoms with van der Waals surface area (Å²) in [6.45, 7) is 10.3. The summed E-state index contributed by atoms with van der Waals surface area (Å²) < 4.78 is 11.4. The van der Waals surface area contributed by atoms with E-state index < -0.39 is 0 Å². The van der Waals surface area contributed by atoms with Crippen LogP contribution in [0.5, 0.6) is 5.75 Å². The van der Waals surface area contributed by atoms with Gasteiger partial charge in [-0.25, -0.2) is 9.97 Å². The molecule has 0 bridgehead atoms. The van der Waals surface area contributed by atoms with Crippen molar-refractivity contribution in [1.29, 1.82) is 0 Å². The summed E-state index contributed by atoms with van der Waals surface area (Å²) in [5, 5.41) is 3.10. The predicted molar refractivity (Wildman–Crippen MR) is 124 cm³/mol. The van der Waals surface area contributed by atoms with E-state index in [1.165, 1.54) is 0 Å². The molecule has 1 atom stereocenters. The summed E-state index contributed by atoms with van der Waals surface area (Å²) in [6.07, 6.45) is 1.79. The molecule has 3 heterocycles. The standard InChI is InChI=1S/C24H33N5O3/c1-18-16-19(2)26-24(25-18)29-9-5-6-20(17-29)23(30)27-21-7-3-4-8-22(21)32-15-12-28-10-13-31-14-11-28/h3-4,7-8,16,20H,5-6,9-15,17H2,1-2H3,(H,27,30)/t20-/m1/s1. The van der Waals surface area contributed by atoms with E-state index in [1.807, 2.05) is 44.2 Å². The van der Waals surface area contributed by atoms with E-state index >= 15 is 0 Å². The molecule has 0 unspecified atom stereocenters. The van der Waals surface area contributed by atoms with E-state index in [0.29, 0.717) is 24.8 Å². The molecule has 172 valence electrons. The van der Waals surface area contributed by atoms with Gasteiger partial charge < -0.3 is 19.7 Å². The van der Waals surface area contributed by atoms with Crippen LogP contribution in [0.15, 0.2) is 30.3 Å². The van der Waals surface area contributed by atoms with Crippen LogP contribution < -0.4 is 15.0 Å². The van der Waals surface area contributed by atoms with Crippen molar-refractivity contribution >= 4 is 17.5 Å². The Kier molecular flexibility index (Phi) is 7.55. The van der Waals surface area contributed by atoms with E-state index in [0.717, 1.165) is 69.3 Å². The molecule has 2 aromatic rings. The van der Waals surface area contributed by atoms with Crippen LogP contribution >= 0.6 is 0 Å². The highest BCUT2D eigenvalue weighted by atomic mass is 16.5. The van der Waals surface area contributed by atoms with Gasteiger partial charge >= 0.3 is 0 Å². The van der Waals surface area contributed by atoms with Gasteiger partial charge in [0.1, 0.15) is 12.4 Å². The molecule has 4 rings (SSSR count). The molecule has 32 heavy (non-hydrogen) atoms. The summed E-state index contributed by atoms with van der Waals surface area (Å²) in [5.74, 6) is 1.32. The maximum absolute atomic E-state index is 13.1. The zero-order valence-electron chi connectivity index (χ0n) is 19.0. The van der Waals surface area contributed by atoms with Crippen LogP contribution in [-0.4, -0.2) is 73.3 Å². The smallest absolute Gasteiger partial charge is 0.229 e. The van der Waals surface area contributed by atoms with Crippen molar-refractivity contribution in [3.63, 3.8) is 0 Å². The number of piperidine rings is 1. The number of ether oxygens (including phenoxy) is 2. The highest BCUT2D eigenvalue weighted by Gasteiger charge is 2.28. The summed E-state index contributed by atoms with van der Waals surface area (Å²) in [7, 11) is 0. The molecular weight excluding hydrogens is 406 g/mol. The number of benzene rings is 1. The number of morpholine rings is 1. The normalized spacial score (nSPS) is 19.6. The Labute approximate surface area is 189 Å². The fraction of sp³-hybridized carbons (Fsp3) is 0.542. The number of aromatic nitrogens is 2. The fourth-order valence-electron chi connectivity index (χ4n) is 4.26. The Bertz CT molecular complexity index is 896. The van der Waals surface area contributed by atoms with Gasteiger partial charge in [0.2, 0.25) is 11.9 Å². The summed E-state index contributed by atoms with van der Waals surface area (Å²) in [4.78, 5) is 26.7. The van der Waals surface area contributed by atoms with Crippen molar-refractivity contribution in [3.8, 4) is 5.75 Å². The molecule has 2 aliphatic rings. The topological polar surface area (TPSA) is 79.8 Å². The molecule has 2 aliphatic heterocycles. The van der Waals surface area contributed by atoms with Gasteiger partial charge in [0.05, 0.1) is 24.8 Å². The van der Waals surface area contributed by atoms with Gasteiger partial charge in [-0.3, -0.25) is 9.69 Å². The first-order valence-electron chi connectivity index (χ1n) is 11.5. The van der Waals surface area contributed by atoms with Gasteiger partial charge in [0, 0.05) is 44.1 Å². The Morgan fingerprint density at radius 2 is 1.91 bits per heavy atom. The molecule has 2 fully saturated rings. The van der Waals surface area contributed by atoms with Crippen molar-refractivity contribution < 1.29 is 14.3 Å². The highest BCUT2D eigenvalue weighted by Crippen LogP contribution is 2.27. The molecule has 0 spiro atoms. The van der Waals surface area contributed by atoms with Gasteiger partial charge in [-0.05, 0) is 44.9 Å². The molecule has 1 aromatic carbocycles. The van der Waals surface area contributed by atoms with Crippen LogP contribution in [0.2, 0.25) is 0 Å². The number of carbonyl (C=O) groups is 1. The van der Waals surface area contributed by atoms with Crippen molar-refractivity contribution in [3.05, 3.63) is 41.7 Å². The third-order valence-electron chi connectivity index (χ3n) is 5.96. The first-order valence-corrected chi connectivity index (χ1v) is 11.5. The number of nitrogens with zero attached hydrogens (tertiary/aromatic N) is 4. The molecule has 1 N–H and O–H groups in total. The van der Waals surface area contributed by atoms with E-state index in [2.05, 4.69) is 25.1 Å². The van der Waals surface area contributed by atoms with Gasteiger partial charge in [-0.2, -0.15) is 0 Å². The molecule has 2 saturated heterocycles. The summed E-state index contributed by atoms with van der Waals surface area (Å²) in [5.41, 5.74) is 2.61. The minimum absolute atomic E-state index is 0.0169. The minimum atomic E-state index is -0.116. The zero-order valence-corrected chi connectivity index (χ0v) is 19.0. The lowest BCUT2D eigenvalue weighted by Crippen LogP contribution is -2.41. The lowest BCUT2D eigenvalue weighted by Gasteiger charge is -2.32. The van der Waals surface area contributed by atoms with Crippen molar-refractivity contribution in [2.45, 2.75) is 26.7 Å². The summed E-state index contributed by atoms with van der Waals surface area (Å²) >= 11 is 0. The largest absolute Gasteiger partial charge is 0.490 e. The first kappa shape index (κ1) is 22.5. The zero-order chi connectivity index (χ0) is 22.3.